The molecular weight excluding hydrogens is 405 g/mol. The zero-order chi connectivity index (χ0) is 19.5. The van der Waals surface area contributed by atoms with Crippen molar-refractivity contribution in [2.45, 2.75) is 44.8 Å². The zero-order valence-electron chi connectivity index (χ0n) is 15.6. The molecule has 28 heavy (non-hydrogen) atoms. The molecule has 152 valence electrons. The minimum Gasteiger partial charge on any atom is -0.378 e. The Balaban J connectivity index is 1.41. The maximum absolute atomic E-state index is 6.20. The molecule has 0 amide bonds. The van der Waals surface area contributed by atoms with Crippen molar-refractivity contribution in [1.82, 2.24) is 20.1 Å². The lowest BCUT2D eigenvalue weighted by atomic mass is 10.0. The number of anilines is 1. The molecule has 0 spiro atoms. The monoisotopic (exact) mass is 427 g/mol. The molecule has 10 heteroatoms. The Morgan fingerprint density at radius 1 is 1.18 bits per heavy atom. The molecule has 3 heterocycles. The van der Waals surface area contributed by atoms with Crippen molar-refractivity contribution in [2.24, 2.45) is 0 Å². The van der Waals surface area contributed by atoms with Gasteiger partial charge in [-0.3, -0.25) is 9.68 Å². The fourth-order valence-corrected chi connectivity index (χ4v) is 3.76. The van der Waals surface area contributed by atoms with Gasteiger partial charge in [-0.15, -0.1) is 5.10 Å². The molecule has 1 aromatic carbocycles. The largest absolute Gasteiger partial charge is 0.378 e. The molecule has 2 saturated heterocycles. The first-order valence-corrected chi connectivity index (χ1v) is 10.1. The van der Waals surface area contributed by atoms with Crippen LogP contribution in [0, 0.1) is 0 Å². The highest BCUT2D eigenvalue weighted by atomic mass is 35.5. The summed E-state index contributed by atoms with van der Waals surface area (Å²) in [4.78, 5) is 11.9. The van der Waals surface area contributed by atoms with E-state index in [9.17, 15) is 0 Å². The van der Waals surface area contributed by atoms with Gasteiger partial charge in [0.05, 0.1) is 23.7 Å². The second kappa shape index (κ2) is 8.94. The molecule has 0 bridgehead atoms. The Labute approximate surface area is 173 Å². The Morgan fingerprint density at radius 2 is 2.07 bits per heavy atom. The van der Waals surface area contributed by atoms with Crippen LogP contribution in [-0.4, -0.2) is 52.3 Å². The van der Waals surface area contributed by atoms with Gasteiger partial charge in [-0.25, -0.2) is 9.75 Å². The van der Waals surface area contributed by atoms with Crippen molar-refractivity contribution in [1.29, 1.82) is 0 Å². The first-order valence-electron chi connectivity index (χ1n) is 9.39. The first-order chi connectivity index (χ1) is 13.6. The van der Waals surface area contributed by atoms with Gasteiger partial charge in [0.15, 0.2) is 18.6 Å². The van der Waals surface area contributed by atoms with E-state index in [1.54, 1.807) is 28.1 Å². The van der Waals surface area contributed by atoms with Crippen LogP contribution in [-0.2, 0) is 14.4 Å². The van der Waals surface area contributed by atoms with Crippen molar-refractivity contribution in [3.63, 3.8) is 0 Å². The van der Waals surface area contributed by atoms with Gasteiger partial charge in [0.1, 0.15) is 0 Å². The predicted octanol–water partition coefficient (Wildman–Crippen LogP) is 3.82. The molecule has 0 N–H and O–H groups in total. The average molecular weight is 428 g/mol. The Morgan fingerprint density at radius 3 is 2.75 bits per heavy atom. The van der Waals surface area contributed by atoms with Crippen molar-refractivity contribution < 1.29 is 14.4 Å². The number of hydrogen-bond acceptors (Lipinski definition) is 7. The van der Waals surface area contributed by atoms with Gasteiger partial charge in [-0.05, 0) is 50.8 Å². The van der Waals surface area contributed by atoms with Crippen LogP contribution in [0.4, 0.5) is 5.69 Å². The number of ether oxygens (including phenoxy) is 1. The molecule has 2 aliphatic rings. The summed E-state index contributed by atoms with van der Waals surface area (Å²) in [6.07, 6.45) is 6.33. The predicted molar refractivity (Wildman–Crippen MR) is 105 cm³/mol. The third-order valence-corrected chi connectivity index (χ3v) is 5.38. The minimum absolute atomic E-state index is 0.193. The van der Waals surface area contributed by atoms with Crippen LogP contribution >= 0.6 is 23.2 Å². The van der Waals surface area contributed by atoms with Gasteiger partial charge in [0.25, 0.3) is 0 Å². The molecule has 2 fully saturated rings. The molecule has 4 rings (SSSR count). The summed E-state index contributed by atoms with van der Waals surface area (Å²) in [5.74, 6) is 0. The van der Waals surface area contributed by atoms with Gasteiger partial charge in [-0.2, -0.15) is 5.06 Å². The number of hydrogen-bond donors (Lipinski definition) is 0. The molecule has 0 saturated carbocycles. The highest BCUT2D eigenvalue weighted by Crippen LogP contribution is 2.30. The van der Waals surface area contributed by atoms with Gasteiger partial charge in [0.2, 0.25) is 0 Å². The summed E-state index contributed by atoms with van der Waals surface area (Å²) >= 11 is 12.1. The maximum atomic E-state index is 6.20. The normalized spacial score (nSPS) is 22.4. The van der Waals surface area contributed by atoms with Crippen LogP contribution in [0.3, 0.4) is 0 Å². The third-order valence-electron chi connectivity index (χ3n) is 4.97. The molecular formula is C18H23Cl2N5O3. The maximum Gasteiger partial charge on any atom is 0.171 e. The van der Waals surface area contributed by atoms with E-state index in [0.717, 1.165) is 37.2 Å². The van der Waals surface area contributed by atoms with Crippen molar-refractivity contribution >= 4 is 28.9 Å². The fraction of sp³-hybridized carbons (Fsp3) is 0.556. The number of rotatable bonds is 5. The van der Waals surface area contributed by atoms with E-state index in [1.165, 1.54) is 6.42 Å². The molecule has 0 aliphatic carbocycles. The van der Waals surface area contributed by atoms with Crippen LogP contribution < -0.4 is 5.06 Å². The summed E-state index contributed by atoms with van der Waals surface area (Å²) in [6, 6.07) is 5.60. The Hall–Kier alpha value is -1.42. The lowest BCUT2D eigenvalue weighted by Crippen LogP contribution is -2.48. The lowest BCUT2D eigenvalue weighted by Gasteiger charge is -2.38. The lowest BCUT2D eigenvalue weighted by molar-refractivity contribution is -0.284. The van der Waals surface area contributed by atoms with Crippen molar-refractivity contribution in [3.8, 4) is 5.69 Å². The summed E-state index contributed by atoms with van der Waals surface area (Å²) in [6.45, 7) is 3.51. The SMILES string of the molecule is CC(CC1CCCCO1)N1CON(c2cc(Cl)ccc2-n2cc(Cl)nn2)CO1. The van der Waals surface area contributed by atoms with Gasteiger partial charge >= 0.3 is 0 Å². The van der Waals surface area contributed by atoms with E-state index >= 15 is 0 Å². The minimum atomic E-state index is 0.193. The number of benzene rings is 1. The zero-order valence-corrected chi connectivity index (χ0v) is 17.1. The Kier molecular flexibility index (Phi) is 6.35. The molecule has 2 aliphatic heterocycles. The quantitative estimate of drug-likeness (QED) is 0.718. The van der Waals surface area contributed by atoms with Gasteiger partial charge < -0.3 is 4.74 Å². The van der Waals surface area contributed by atoms with E-state index in [4.69, 9.17) is 37.6 Å². The summed E-state index contributed by atoms with van der Waals surface area (Å²) < 4.78 is 7.41. The number of hydroxylamine groups is 3. The molecule has 2 atom stereocenters. The van der Waals surface area contributed by atoms with E-state index in [0.29, 0.717) is 23.0 Å². The standard InChI is InChI=1S/C18H23Cl2N5O3/c1-13(8-15-4-2-3-7-26-15)24-11-28-25(12-27-24)17-9-14(19)5-6-16(17)23-10-18(20)21-22-23/h5-6,9-10,13,15H,2-4,7-8,11-12H2,1H3. The van der Waals surface area contributed by atoms with Crippen molar-refractivity contribution in [3.05, 3.63) is 34.6 Å². The second-order valence-corrected chi connectivity index (χ2v) is 7.83. The molecule has 2 aromatic rings. The van der Waals surface area contributed by atoms with Crippen LogP contribution in [0.25, 0.3) is 5.69 Å². The van der Waals surface area contributed by atoms with Crippen LogP contribution in [0.5, 0.6) is 0 Å². The molecule has 2 unspecified atom stereocenters. The summed E-state index contributed by atoms with van der Waals surface area (Å²) in [5, 5.41) is 12.2. The topological polar surface area (TPSA) is 64.9 Å². The third kappa shape index (κ3) is 4.59. The van der Waals surface area contributed by atoms with E-state index < -0.39 is 0 Å². The number of nitrogens with zero attached hydrogens (tertiary/aromatic N) is 5. The molecule has 0 radical (unpaired) electrons. The van der Waals surface area contributed by atoms with Crippen LogP contribution in [0.2, 0.25) is 10.2 Å². The Bertz CT molecular complexity index is 791. The molecule has 1 aromatic heterocycles. The highest BCUT2D eigenvalue weighted by molar-refractivity contribution is 6.31. The van der Waals surface area contributed by atoms with Crippen molar-refractivity contribution in [2.75, 3.05) is 25.1 Å². The molecule has 8 nitrogen and oxygen atoms in total. The number of halogens is 2. The average Bonchev–Trinajstić information content (AvgIpc) is 3.15. The summed E-state index contributed by atoms with van der Waals surface area (Å²) in [5.41, 5.74) is 1.46. The van der Waals surface area contributed by atoms with E-state index in [2.05, 4.69) is 17.2 Å². The highest BCUT2D eigenvalue weighted by Gasteiger charge is 2.28. The smallest absolute Gasteiger partial charge is 0.171 e. The van der Waals surface area contributed by atoms with E-state index in [1.807, 2.05) is 11.1 Å². The number of aromatic nitrogens is 3. The van der Waals surface area contributed by atoms with E-state index in [-0.39, 0.29) is 12.8 Å². The second-order valence-electron chi connectivity index (χ2n) is 7.00. The van der Waals surface area contributed by atoms with Crippen LogP contribution in [0.15, 0.2) is 24.4 Å². The van der Waals surface area contributed by atoms with Crippen LogP contribution in [0.1, 0.15) is 32.6 Å². The van der Waals surface area contributed by atoms with Gasteiger partial charge in [0, 0.05) is 17.7 Å². The van der Waals surface area contributed by atoms with Gasteiger partial charge in [-0.1, -0.05) is 28.4 Å². The summed E-state index contributed by atoms with van der Waals surface area (Å²) in [7, 11) is 0. The fourth-order valence-electron chi connectivity index (χ4n) is 3.46. The first kappa shape index (κ1) is 19.9.